The zero-order valence-corrected chi connectivity index (χ0v) is 15.7. The number of nitrogens with zero attached hydrogens (tertiary/aromatic N) is 2. The summed E-state index contributed by atoms with van der Waals surface area (Å²) in [5, 5.41) is 6.84. The van der Waals surface area contributed by atoms with Gasteiger partial charge in [0.25, 0.3) is 0 Å². The van der Waals surface area contributed by atoms with Crippen molar-refractivity contribution in [3.63, 3.8) is 0 Å². The van der Waals surface area contributed by atoms with E-state index in [1.807, 2.05) is 36.4 Å². The summed E-state index contributed by atoms with van der Waals surface area (Å²) in [7, 11) is 3.38. The summed E-state index contributed by atoms with van der Waals surface area (Å²) < 4.78 is 11.3. The molecule has 3 rings (SSSR count). The first-order valence-electron chi connectivity index (χ1n) is 8.76. The molecule has 138 valence electrons. The fraction of sp³-hybridized carbons (Fsp3) is 0.400. The number of aromatic nitrogens is 1. The minimum Gasteiger partial charge on any atom is -0.487 e. The predicted molar refractivity (Wildman–Crippen MR) is 103 cm³/mol. The molecular weight excluding hydrogens is 328 g/mol. The van der Waals surface area contributed by atoms with E-state index in [1.165, 1.54) is 0 Å². The van der Waals surface area contributed by atoms with Crippen LogP contribution in [-0.2, 0) is 6.54 Å². The third-order valence-corrected chi connectivity index (χ3v) is 4.34. The van der Waals surface area contributed by atoms with Crippen molar-refractivity contribution in [3.05, 3.63) is 53.7 Å². The number of fused-ring (bicyclic) bond motifs is 1. The van der Waals surface area contributed by atoms with Gasteiger partial charge in [0, 0.05) is 25.1 Å². The molecule has 2 aromatic rings. The molecule has 0 fully saturated rings. The number of para-hydroxylation sites is 1. The highest BCUT2D eigenvalue weighted by atomic mass is 16.5. The zero-order valence-electron chi connectivity index (χ0n) is 15.7. The predicted octanol–water partition coefficient (Wildman–Crippen LogP) is 3.06. The summed E-state index contributed by atoms with van der Waals surface area (Å²) in [4.78, 5) is 8.77. The number of ether oxygens (including phenoxy) is 2. The Bertz CT molecular complexity index is 789. The fourth-order valence-corrected chi connectivity index (χ4v) is 3.13. The maximum atomic E-state index is 6.10. The van der Waals surface area contributed by atoms with Crippen LogP contribution >= 0.6 is 0 Å². The second-order valence-electron chi connectivity index (χ2n) is 6.90. The van der Waals surface area contributed by atoms with Gasteiger partial charge in [-0.05, 0) is 26.0 Å². The molecular formula is C20H26N4O2. The van der Waals surface area contributed by atoms with Gasteiger partial charge in [0.2, 0.25) is 5.88 Å². The van der Waals surface area contributed by atoms with Crippen molar-refractivity contribution in [3.8, 4) is 11.6 Å². The van der Waals surface area contributed by atoms with Gasteiger partial charge in [-0.1, -0.05) is 24.3 Å². The fourth-order valence-electron chi connectivity index (χ4n) is 3.13. The van der Waals surface area contributed by atoms with Crippen molar-refractivity contribution < 1.29 is 9.47 Å². The first kappa shape index (κ1) is 18.0. The molecule has 2 heterocycles. The number of benzene rings is 1. The van der Waals surface area contributed by atoms with Crippen LogP contribution in [0.15, 0.2) is 47.5 Å². The maximum absolute atomic E-state index is 6.10. The first-order valence-corrected chi connectivity index (χ1v) is 8.76. The number of hydrogen-bond acceptors (Lipinski definition) is 4. The lowest BCUT2D eigenvalue weighted by molar-refractivity contribution is 0.0694. The van der Waals surface area contributed by atoms with Gasteiger partial charge >= 0.3 is 0 Å². The molecule has 2 N–H and O–H groups in total. The number of hydrogen-bond donors (Lipinski definition) is 2. The van der Waals surface area contributed by atoms with Crippen molar-refractivity contribution in [2.24, 2.45) is 4.99 Å². The molecule has 0 aliphatic carbocycles. The Labute approximate surface area is 154 Å². The van der Waals surface area contributed by atoms with Crippen LogP contribution in [0.3, 0.4) is 0 Å². The Hall–Kier alpha value is -2.76. The minimum atomic E-state index is -0.237. The van der Waals surface area contributed by atoms with E-state index in [4.69, 9.17) is 9.47 Å². The number of guanidine groups is 1. The van der Waals surface area contributed by atoms with Crippen LogP contribution in [0.1, 0.15) is 37.6 Å². The van der Waals surface area contributed by atoms with E-state index in [0.717, 1.165) is 29.4 Å². The van der Waals surface area contributed by atoms with Crippen LogP contribution in [0.5, 0.6) is 11.6 Å². The number of rotatable bonds is 4. The molecule has 0 amide bonds. The van der Waals surface area contributed by atoms with Gasteiger partial charge in [-0.25, -0.2) is 4.98 Å². The second kappa shape index (κ2) is 7.64. The highest BCUT2D eigenvalue weighted by Crippen LogP contribution is 2.39. The Balaban J connectivity index is 1.70. The summed E-state index contributed by atoms with van der Waals surface area (Å²) in [6.07, 6.45) is 0.849. The van der Waals surface area contributed by atoms with E-state index in [9.17, 15) is 0 Å². The van der Waals surface area contributed by atoms with E-state index in [2.05, 4.69) is 40.5 Å². The van der Waals surface area contributed by atoms with Crippen LogP contribution in [-0.4, -0.2) is 30.7 Å². The maximum Gasteiger partial charge on any atom is 0.213 e. The summed E-state index contributed by atoms with van der Waals surface area (Å²) in [6.45, 7) is 4.77. The smallest absolute Gasteiger partial charge is 0.213 e. The van der Waals surface area contributed by atoms with Gasteiger partial charge in [0.05, 0.1) is 25.4 Å². The summed E-state index contributed by atoms with van der Waals surface area (Å²) >= 11 is 0. The van der Waals surface area contributed by atoms with Crippen LogP contribution in [0.4, 0.5) is 0 Å². The first-order chi connectivity index (χ1) is 12.5. The summed E-state index contributed by atoms with van der Waals surface area (Å²) in [5.74, 6) is 2.26. The number of aliphatic imine (C=N–C) groups is 1. The van der Waals surface area contributed by atoms with E-state index in [1.54, 1.807) is 14.2 Å². The lowest BCUT2D eigenvalue weighted by Gasteiger charge is -2.38. The third kappa shape index (κ3) is 4.25. The molecule has 1 aromatic heterocycles. The Kier molecular flexibility index (Phi) is 5.30. The van der Waals surface area contributed by atoms with Gasteiger partial charge in [0.15, 0.2) is 5.96 Å². The molecule has 1 atom stereocenters. The molecule has 0 spiro atoms. The van der Waals surface area contributed by atoms with E-state index >= 15 is 0 Å². The standard InChI is InChI=1S/C20H26N4O2/c1-20(2)12-16(15-9-5-6-10-17(15)26-20)24-19(21-3)22-13-14-8-7-11-18(23-14)25-4/h5-11,16H,12-13H2,1-4H3,(H2,21,22,24). The van der Waals surface area contributed by atoms with Crippen LogP contribution < -0.4 is 20.1 Å². The highest BCUT2D eigenvalue weighted by molar-refractivity contribution is 5.80. The van der Waals surface area contributed by atoms with Crippen molar-refractivity contribution in [2.45, 2.75) is 38.5 Å². The molecule has 0 saturated carbocycles. The lowest BCUT2D eigenvalue weighted by atomic mass is 9.90. The molecule has 6 nitrogen and oxygen atoms in total. The SMILES string of the molecule is CN=C(NCc1cccc(OC)n1)NC1CC(C)(C)Oc2ccccc21. The van der Waals surface area contributed by atoms with E-state index in [0.29, 0.717) is 12.4 Å². The molecule has 1 aromatic carbocycles. The van der Waals surface area contributed by atoms with Gasteiger partial charge < -0.3 is 20.1 Å². The molecule has 0 saturated heterocycles. The normalized spacial score (nSPS) is 18.5. The van der Waals surface area contributed by atoms with Gasteiger partial charge in [-0.2, -0.15) is 0 Å². The second-order valence-corrected chi connectivity index (χ2v) is 6.90. The molecule has 26 heavy (non-hydrogen) atoms. The van der Waals surface area contributed by atoms with Gasteiger partial charge in [-0.15, -0.1) is 0 Å². The monoisotopic (exact) mass is 354 g/mol. The lowest BCUT2D eigenvalue weighted by Crippen LogP contribution is -2.45. The van der Waals surface area contributed by atoms with Crippen molar-refractivity contribution >= 4 is 5.96 Å². The number of nitrogens with one attached hydrogen (secondary N) is 2. The third-order valence-electron chi connectivity index (χ3n) is 4.34. The zero-order chi connectivity index (χ0) is 18.6. The number of pyridine rings is 1. The van der Waals surface area contributed by atoms with Gasteiger partial charge in [-0.3, -0.25) is 4.99 Å². The average molecular weight is 354 g/mol. The average Bonchev–Trinajstić information content (AvgIpc) is 2.64. The Morgan fingerprint density at radius 2 is 2.08 bits per heavy atom. The highest BCUT2D eigenvalue weighted by Gasteiger charge is 2.33. The van der Waals surface area contributed by atoms with E-state index in [-0.39, 0.29) is 11.6 Å². The Morgan fingerprint density at radius 3 is 2.85 bits per heavy atom. The number of methoxy groups -OCH3 is 1. The van der Waals surface area contributed by atoms with Crippen LogP contribution in [0.25, 0.3) is 0 Å². The topological polar surface area (TPSA) is 67.8 Å². The molecule has 6 heteroatoms. The molecule has 1 unspecified atom stereocenters. The Morgan fingerprint density at radius 1 is 1.27 bits per heavy atom. The van der Waals surface area contributed by atoms with Crippen LogP contribution in [0, 0.1) is 0 Å². The molecule has 1 aliphatic rings. The summed E-state index contributed by atoms with van der Waals surface area (Å²) in [6, 6.07) is 14.0. The van der Waals surface area contributed by atoms with Crippen molar-refractivity contribution in [1.82, 2.24) is 15.6 Å². The van der Waals surface area contributed by atoms with Crippen molar-refractivity contribution in [1.29, 1.82) is 0 Å². The minimum absolute atomic E-state index is 0.124. The van der Waals surface area contributed by atoms with Crippen molar-refractivity contribution in [2.75, 3.05) is 14.2 Å². The molecule has 0 radical (unpaired) electrons. The summed E-state index contributed by atoms with van der Waals surface area (Å²) in [5.41, 5.74) is 1.80. The molecule has 1 aliphatic heterocycles. The van der Waals surface area contributed by atoms with Gasteiger partial charge in [0.1, 0.15) is 11.4 Å². The quantitative estimate of drug-likeness (QED) is 0.652. The molecule has 0 bridgehead atoms. The van der Waals surface area contributed by atoms with E-state index < -0.39 is 0 Å². The van der Waals surface area contributed by atoms with Crippen LogP contribution in [0.2, 0.25) is 0 Å². The largest absolute Gasteiger partial charge is 0.487 e.